The monoisotopic (exact) mass is 1990 g/mol. The number of carboxylic acid groups (broad SMARTS) is 1. The van der Waals surface area contributed by atoms with E-state index >= 15 is 0 Å². The van der Waals surface area contributed by atoms with Crippen molar-refractivity contribution >= 4 is 119 Å². The van der Waals surface area contributed by atoms with E-state index in [-0.39, 0.29) is 180 Å². The lowest BCUT2D eigenvalue weighted by atomic mass is 9.93. The van der Waals surface area contributed by atoms with Gasteiger partial charge in [-0.15, -0.1) is 0 Å². The van der Waals surface area contributed by atoms with Crippen LogP contribution in [0.2, 0.25) is 0 Å². The molecule has 3 rings (SSSR count). The third kappa shape index (κ3) is 55.7. The molecule has 3 fully saturated rings. The lowest BCUT2D eigenvalue weighted by Crippen LogP contribution is -2.66. The molecule has 48 heteroatoms. The molecular formula is C91H148N10O38. The van der Waals surface area contributed by atoms with E-state index < -0.39 is 206 Å². The molecule has 0 radical (unpaired) electrons. The number of Topliss-reactive ketones (excluding diaryl/α,β-unsaturated/α-hetero) is 1. The van der Waals surface area contributed by atoms with Gasteiger partial charge >= 0.3 is 53.7 Å². The molecule has 0 spiro atoms. The van der Waals surface area contributed by atoms with E-state index in [2.05, 4.69) is 53.2 Å². The van der Waals surface area contributed by atoms with Crippen molar-refractivity contribution in [2.24, 2.45) is 0 Å². The second-order valence-electron chi connectivity index (χ2n) is 33.9. The number of hydrogen-bond donors (Lipinski definition) is 11. The molecule has 139 heavy (non-hydrogen) atoms. The molecule has 48 nitrogen and oxygen atoms in total. The minimum absolute atomic E-state index is 0.00317. The average Bonchev–Trinajstić information content (AvgIpc) is 0.794. The highest BCUT2D eigenvalue weighted by molar-refractivity contribution is 5.81. The Morgan fingerprint density at radius 3 is 0.799 bits per heavy atom. The van der Waals surface area contributed by atoms with Crippen LogP contribution in [0.5, 0.6) is 0 Å². The molecule has 0 bridgehead atoms. The number of ether oxygens (including phenoxy) is 17. The zero-order chi connectivity index (χ0) is 103. The fourth-order valence-electron chi connectivity index (χ4n) is 14.8. The van der Waals surface area contributed by atoms with Crippen LogP contribution in [0, 0.1) is 0 Å². The van der Waals surface area contributed by atoms with E-state index in [1.807, 2.05) is 0 Å². The van der Waals surface area contributed by atoms with Gasteiger partial charge in [0.15, 0.2) is 55.5 Å². The van der Waals surface area contributed by atoms with Crippen molar-refractivity contribution in [3.05, 3.63) is 0 Å². The Morgan fingerprint density at radius 2 is 0.525 bits per heavy atom. The van der Waals surface area contributed by atoms with E-state index in [0.29, 0.717) is 77.0 Å². The number of nitrogens with one attached hydrogen (secondary N) is 10. The zero-order valence-corrected chi connectivity index (χ0v) is 82.1. The maximum absolute atomic E-state index is 14.1. The van der Waals surface area contributed by atoms with Gasteiger partial charge in [0.25, 0.3) is 0 Å². The van der Waals surface area contributed by atoms with Crippen molar-refractivity contribution < 1.29 is 182 Å². The molecule has 3 heterocycles. The number of hydrogen-bond acceptors (Lipinski definition) is 37. The van der Waals surface area contributed by atoms with Crippen molar-refractivity contribution in [1.82, 2.24) is 53.2 Å². The Balaban J connectivity index is 1.67. The maximum atomic E-state index is 14.1. The smallest absolute Gasteiger partial charge is 0.303 e. The first-order valence-corrected chi connectivity index (χ1v) is 47.4. The summed E-state index contributed by atoms with van der Waals surface area (Å²) >= 11 is 0. The number of carboxylic acids is 1. The minimum Gasteiger partial charge on any atom is -0.481 e. The Labute approximate surface area is 809 Å². The molecule has 790 valence electrons. The number of esters is 8. The highest BCUT2D eigenvalue weighted by Gasteiger charge is 2.55. The summed E-state index contributed by atoms with van der Waals surface area (Å²) in [7, 11) is 0. The topological polar surface area (TPSA) is 639 Å². The predicted molar refractivity (Wildman–Crippen MR) is 483 cm³/mol. The van der Waals surface area contributed by atoms with Crippen LogP contribution < -0.4 is 53.2 Å². The Kier molecular flexibility index (Phi) is 61.6. The second-order valence-corrected chi connectivity index (χ2v) is 33.9. The van der Waals surface area contributed by atoms with Crippen LogP contribution in [0.4, 0.5) is 0 Å². The van der Waals surface area contributed by atoms with Crippen LogP contribution in [0.25, 0.3) is 0 Å². The first kappa shape index (κ1) is 122. The Bertz CT molecular complexity index is 3750. The summed E-state index contributed by atoms with van der Waals surface area (Å²) in [5, 5.41) is 36.7. The molecule has 15 atom stereocenters. The molecule has 0 unspecified atom stereocenters. The largest absolute Gasteiger partial charge is 0.481 e. The maximum Gasteiger partial charge on any atom is 0.303 e. The lowest BCUT2D eigenvalue weighted by Gasteiger charge is -2.45. The highest BCUT2D eigenvalue weighted by atomic mass is 16.7. The fraction of sp³-hybridized carbons (Fsp3) is 0.780. The SMILES string of the molecule is CC(=O)C[C@H]1O[C@@H](OCCCCC(=O)NCCCNC(=O)CCOCC(COCCC(=O)NCCCNC(=O)CCCCO[C@@H]2O[C@H](COC(C)=O)[C@H](OC(C)=O)[C@H](OC(C)=O)[C@H]2NC(C)=O)(COCCC(=O)NCCCNC(=O)CCCCO[C@@H]2O[C@H](COC(C)=O)[C@H](OC(C)=O)[C@H](OC(C)=O)[C@H]2NC(C)=O)NC(=O)CCCCCCCCCCC(=O)O)[C@H](NC(C)=O)[C@@H](OC(C)=O)[C@H]1OC(C)=O. The van der Waals surface area contributed by atoms with E-state index in [1.54, 1.807) is 0 Å². The molecule has 3 aliphatic heterocycles. The number of rotatable bonds is 72. The first-order chi connectivity index (χ1) is 66.1. The molecule has 0 aromatic heterocycles. The number of unbranched alkanes of at least 4 members (excludes halogenated alkanes) is 10. The number of carbonyl (C=O) groups is 20. The third-order valence-electron chi connectivity index (χ3n) is 21.0. The summed E-state index contributed by atoms with van der Waals surface area (Å²) in [6, 6.07) is -3.50. The summed E-state index contributed by atoms with van der Waals surface area (Å²) in [6.07, 6.45) is -6.47. The number of amides is 10. The average molecular weight is 1990 g/mol. The van der Waals surface area contributed by atoms with Gasteiger partial charge in [-0.25, -0.2) is 0 Å². The van der Waals surface area contributed by atoms with Crippen LogP contribution in [0.15, 0.2) is 0 Å². The summed E-state index contributed by atoms with van der Waals surface area (Å²) in [4.78, 5) is 249. The third-order valence-corrected chi connectivity index (χ3v) is 21.0. The molecule has 0 saturated carbocycles. The molecule has 3 aliphatic rings. The van der Waals surface area contributed by atoms with Gasteiger partial charge in [-0.1, -0.05) is 38.5 Å². The second kappa shape index (κ2) is 70.0. The van der Waals surface area contributed by atoms with Gasteiger partial charge < -0.3 is 139 Å². The molecular weight excluding hydrogens is 1840 g/mol. The fourth-order valence-corrected chi connectivity index (χ4v) is 14.8. The molecule has 0 aromatic carbocycles. The van der Waals surface area contributed by atoms with Crippen LogP contribution in [-0.2, 0) is 176 Å². The summed E-state index contributed by atoms with van der Waals surface area (Å²) in [5.41, 5.74) is -1.48. The number of ketones is 1. The van der Waals surface area contributed by atoms with Crippen molar-refractivity contribution in [3.63, 3.8) is 0 Å². The molecule has 0 aliphatic carbocycles. The quantitative estimate of drug-likeness (QED) is 0.0228. The van der Waals surface area contributed by atoms with Gasteiger partial charge in [-0.3, -0.25) is 95.9 Å². The van der Waals surface area contributed by atoms with Gasteiger partial charge in [0.1, 0.15) is 61.0 Å². The molecule has 11 N–H and O–H groups in total. The van der Waals surface area contributed by atoms with E-state index in [0.717, 1.165) is 87.5 Å². The van der Waals surface area contributed by atoms with Crippen molar-refractivity contribution in [2.45, 2.75) is 347 Å². The van der Waals surface area contributed by atoms with E-state index in [9.17, 15) is 95.9 Å². The standard InChI is InChI=1S/C91H148N10O38/c1-56(102)50-68-82(131-62(7)108)85(134-65(10)111)79(98-57(2)103)88(137-68)126-44-24-21-30-71(114)92-38-27-41-95-74(117)35-47-123-53-91(101-77(120)33-19-17-15-13-14-16-18-20-34-78(121)122,54-124-48-36-75(118)96-42-28-39-93-72(115)31-22-25-45-127-89-80(99-58(3)104)86(135-66(11)112)83(132-63(8)109)69(138-89)51-129-60(5)106)55-125-49-37-76(119)97-43-29-40-94-73(116)32-23-26-46-128-90-81(100-59(4)105)87(136-67(12)113)84(133-64(9)110)70(139-90)52-130-61(6)107/h68-70,79-90H,13-55H2,1-12H3,(H,92,114)(H,93,115)(H,94,116)(H,95,117)(H,96,118)(H,97,119)(H,98,103)(H,99,104)(H,100,105)(H,101,120)(H,121,122)/t68-,69-,70-,79-,80-,81-,82+,83+,84+,85-,86-,87-,88-,89-,90-/m1/s1. The molecule has 0 aromatic rings. The normalized spacial score (nSPS) is 20.9. The Hall–Kier alpha value is -10.8. The molecule has 10 amide bonds. The van der Waals surface area contributed by atoms with Gasteiger partial charge in [-0.05, 0) is 77.6 Å². The van der Waals surface area contributed by atoms with Crippen molar-refractivity contribution in [1.29, 1.82) is 0 Å². The Morgan fingerprint density at radius 1 is 0.273 bits per heavy atom. The van der Waals surface area contributed by atoms with Crippen LogP contribution >= 0.6 is 0 Å². The van der Waals surface area contributed by atoms with Gasteiger partial charge in [0, 0.05) is 193 Å². The van der Waals surface area contributed by atoms with Crippen molar-refractivity contribution in [2.75, 3.05) is 112 Å². The number of carbonyl (C=O) groups excluding carboxylic acids is 19. The summed E-state index contributed by atoms with van der Waals surface area (Å²) in [6.45, 7) is 12.7. The highest BCUT2D eigenvalue weighted by Crippen LogP contribution is 2.33. The van der Waals surface area contributed by atoms with E-state index in [1.165, 1.54) is 27.7 Å². The minimum atomic E-state index is -1.48. The van der Waals surface area contributed by atoms with Gasteiger partial charge in [-0.2, -0.15) is 0 Å². The summed E-state index contributed by atoms with van der Waals surface area (Å²) in [5.74, 6) is -11.3. The van der Waals surface area contributed by atoms with Crippen LogP contribution in [0.1, 0.15) is 250 Å². The lowest BCUT2D eigenvalue weighted by molar-refractivity contribution is -0.277. The zero-order valence-electron chi connectivity index (χ0n) is 82.1. The van der Waals surface area contributed by atoms with Gasteiger partial charge in [0.05, 0.1) is 39.6 Å². The van der Waals surface area contributed by atoms with E-state index in [4.69, 9.17) is 85.6 Å². The first-order valence-electron chi connectivity index (χ1n) is 47.4. The predicted octanol–water partition coefficient (Wildman–Crippen LogP) is 0.860. The van der Waals surface area contributed by atoms with Crippen LogP contribution in [0.3, 0.4) is 0 Å². The van der Waals surface area contributed by atoms with Gasteiger partial charge in [0.2, 0.25) is 59.1 Å². The number of aliphatic carboxylic acids is 1. The van der Waals surface area contributed by atoms with Crippen LogP contribution in [-0.4, -0.2) is 333 Å². The van der Waals surface area contributed by atoms with Crippen molar-refractivity contribution in [3.8, 4) is 0 Å². The molecule has 3 saturated heterocycles. The summed E-state index contributed by atoms with van der Waals surface area (Å²) < 4.78 is 97.5.